The molecule has 0 aliphatic carbocycles. The zero-order valence-electron chi connectivity index (χ0n) is 14.6. The molecule has 6 heteroatoms. The normalized spacial score (nSPS) is 11.0. The molecule has 5 nitrogen and oxygen atoms in total. The minimum Gasteiger partial charge on any atom is -0.326 e. The van der Waals surface area contributed by atoms with E-state index in [4.69, 9.17) is 0 Å². The molecule has 0 atom stereocenters. The van der Waals surface area contributed by atoms with E-state index in [1.54, 1.807) is 36.4 Å². The molecule has 0 radical (unpaired) electrons. The number of rotatable bonds is 7. The van der Waals surface area contributed by atoms with Crippen LogP contribution in [0.5, 0.6) is 0 Å². The number of para-hydroxylation sites is 1. The molecule has 0 aromatic heterocycles. The van der Waals surface area contributed by atoms with Crippen LogP contribution in [0.3, 0.4) is 0 Å². The topological polar surface area (TPSA) is 75.3 Å². The number of hydrogen-bond donors (Lipinski definition) is 2. The Balaban J connectivity index is 1.59. The van der Waals surface area contributed by atoms with Crippen molar-refractivity contribution in [3.05, 3.63) is 90.5 Å². The van der Waals surface area contributed by atoms with Crippen molar-refractivity contribution in [1.29, 1.82) is 0 Å². The quantitative estimate of drug-likeness (QED) is 0.649. The van der Waals surface area contributed by atoms with E-state index in [1.807, 2.05) is 36.4 Å². The maximum absolute atomic E-state index is 12.4. The maximum atomic E-state index is 12.4. The molecule has 0 aliphatic heterocycles. The van der Waals surface area contributed by atoms with E-state index < -0.39 is 10.0 Å². The third kappa shape index (κ3) is 5.43. The average Bonchev–Trinajstić information content (AvgIpc) is 2.68. The van der Waals surface area contributed by atoms with Crippen molar-refractivity contribution in [3.63, 3.8) is 0 Å². The summed E-state index contributed by atoms with van der Waals surface area (Å²) in [4.78, 5) is 12.2. The summed E-state index contributed by atoms with van der Waals surface area (Å²) < 4.78 is 27.3. The number of carbonyl (C=O) groups is 1. The number of benzene rings is 3. The van der Waals surface area contributed by atoms with Gasteiger partial charge in [0.1, 0.15) is 0 Å². The summed E-state index contributed by atoms with van der Waals surface area (Å²) in [5.41, 5.74) is 2.16. The Kier molecular flexibility index (Phi) is 5.88. The van der Waals surface area contributed by atoms with E-state index in [2.05, 4.69) is 10.0 Å². The van der Waals surface area contributed by atoms with E-state index in [1.165, 1.54) is 12.1 Å². The van der Waals surface area contributed by atoms with Gasteiger partial charge in [-0.2, -0.15) is 0 Å². The lowest BCUT2D eigenvalue weighted by molar-refractivity contribution is -0.116. The Labute approximate surface area is 159 Å². The highest BCUT2D eigenvalue weighted by molar-refractivity contribution is 7.92. The molecule has 0 bridgehead atoms. The lowest BCUT2D eigenvalue weighted by atomic mass is 10.1. The maximum Gasteiger partial charge on any atom is 0.261 e. The van der Waals surface area contributed by atoms with Crippen molar-refractivity contribution >= 4 is 27.3 Å². The predicted molar refractivity (Wildman–Crippen MR) is 107 cm³/mol. The highest BCUT2D eigenvalue weighted by atomic mass is 32.2. The summed E-state index contributed by atoms with van der Waals surface area (Å²) >= 11 is 0. The summed E-state index contributed by atoms with van der Waals surface area (Å²) in [6.07, 6.45) is 1.01. The molecule has 3 rings (SSSR count). The predicted octanol–water partition coefficient (Wildman–Crippen LogP) is 4.06. The van der Waals surface area contributed by atoms with Crippen LogP contribution in [0, 0.1) is 0 Å². The minimum atomic E-state index is -3.67. The van der Waals surface area contributed by atoms with E-state index in [9.17, 15) is 13.2 Å². The summed E-state index contributed by atoms with van der Waals surface area (Å²) in [6.45, 7) is 0. The minimum absolute atomic E-state index is 0.114. The van der Waals surface area contributed by atoms with Gasteiger partial charge in [0.05, 0.1) is 4.90 Å². The van der Waals surface area contributed by atoms with Crippen LogP contribution in [0.15, 0.2) is 89.8 Å². The monoisotopic (exact) mass is 380 g/mol. The zero-order chi connectivity index (χ0) is 19.1. The van der Waals surface area contributed by atoms with Gasteiger partial charge in [-0.05, 0) is 48.4 Å². The van der Waals surface area contributed by atoms with E-state index >= 15 is 0 Å². The van der Waals surface area contributed by atoms with Crippen LogP contribution < -0.4 is 10.0 Å². The van der Waals surface area contributed by atoms with Gasteiger partial charge in [-0.1, -0.05) is 48.5 Å². The van der Waals surface area contributed by atoms with Gasteiger partial charge in [0, 0.05) is 17.8 Å². The lowest BCUT2D eigenvalue weighted by Crippen LogP contribution is -2.14. The number of aryl methyl sites for hydroxylation is 1. The van der Waals surface area contributed by atoms with Crippen molar-refractivity contribution in [3.8, 4) is 0 Å². The van der Waals surface area contributed by atoms with Crippen molar-refractivity contribution in [2.24, 2.45) is 0 Å². The number of amides is 1. The second kappa shape index (κ2) is 8.51. The van der Waals surface area contributed by atoms with Crippen LogP contribution in [0.25, 0.3) is 0 Å². The standard InChI is InChI=1S/C21H20N2O3S/c24-21(16-11-17-7-3-1-4-8-17)22-18-12-14-20(15-13-18)27(25,26)23-19-9-5-2-6-10-19/h1-10,12-15,23H,11,16H2,(H,22,24). The molecular formula is C21H20N2O3S. The highest BCUT2D eigenvalue weighted by Gasteiger charge is 2.14. The number of anilines is 2. The van der Waals surface area contributed by atoms with Gasteiger partial charge in [-0.3, -0.25) is 9.52 Å². The highest BCUT2D eigenvalue weighted by Crippen LogP contribution is 2.18. The Bertz CT molecular complexity index is 987. The molecule has 0 saturated carbocycles. The molecule has 0 fully saturated rings. The van der Waals surface area contributed by atoms with Gasteiger partial charge in [0.15, 0.2) is 0 Å². The van der Waals surface area contributed by atoms with Crippen molar-refractivity contribution in [1.82, 2.24) is 0 Å². The Hall–Kier alpha value is -3.12. The van der Waals surface area contributed by atoms with Crippen LogP contribution in [0.2, 0.25) is 0 Å². The SMILES string of the molecule is O=C(CCc1ccccc1)Nc1ccc(S(=O)(=O)Nc2ccccc2)cc1. The molecule has 3 aromatic rings. The molecule has 2 N–H and O–H groups in total. The van der Waals surface area contributed by atoms with E-state index in [0.29, 0.717) is 24.2 Å². The van der Waals surface area contributed by atoms with Gasteiger partial charge in [-0.25, -0.2) is 8.42 Å². The molecule has 1 amide bonds. The molecule has 27 heavy (non-hydrogen) atoms. The molecule has 0 heterocycles. The molecule has 0 saturated heterocycles. The third-order valence-electron chi connectivity index (χ3n) is 3.96. The van der Waals surface area contributed by atoms with Gasteiger partial charge >= 0.3 is 0 Å². The Morgan fingerprint density at radius 1 is 0.741 bits per heavy atom. The molecule has 3 aromatic carbocycles. The first-order valence-corrected chi connectivity index (χ1v) is 10.0. The number of sulfonamides is 1. The third-order valence-corrected chi connectivity index (χ3v) is 5.36. The average molecular weight is 380 g/mol. The number of nitrogens with one attached hydrogen (secondary N) is 2. The smallest absolute Gasteiger partial charge is 0.261 e. The Morgan fingerprint density at radius 3 is 1.96 bits per heavy atom. The summed E-state index contributed by atoms with van der Waals surface area (Å²) in [7, 11) is -3.67. The molecular weight excluding hydrogens is 360 g/mol. The molecule has 0 unspecified atom stereocenters. The second-order valence-electron chi connectivity index (χ2n) is 6.03. The van der Waals surface area contributed by atoms with Crippen LogP contribution in [-0.4, -0.2) is 14.3 Å². The fourth-order valence-electron chi connectivity index (χ4n) is 2.56. The van der Waals surface area contributed by atoms with Crippen LogP contribution in [-0.2, 0) is 21.2 Å². The largest absolute Gasteiger partial charge is 0.326 e. The van der Waals surface area contributed by atoms with Gasteiger partial charge in [0.25, 0.3) is 10.0 Å². The van der Waals surface area contributed by atoms with Crippen molar-refractivity contribution in [2.75, 3.05) is 10.0 Å². The van der Waals surface area contributed by atoms with Crippen LogP contribution in [0.1, 0.15) is 12.0 Å². The lowest BCUT2D eigenvalue weighted by Gasteiger charge is -2.09. The van der Waals surface area contributed by atoms with Crippen molar-refractivity contribution in [2.45, 2.75) is 17.7 Å². The Morgan fingerprint density at radius 2 is 1.33 bits per heavy atom. The van der Waals surface area contributed by atoms with Crippen LogP contribution in [0.4, 0.5) is 11.4 Å². The summed E-state index contributed by atoms with van der Waals surface area (Å²) in [6, 6.07) is 24.6. The first kappa shape index (κ1) is 18.7. The fourth-order valence-corrected chi connectivity index (χ4v) is 3.62. The molecule has 0 spiro atoms. The van der Waals surface area contributed by atoms with E-state index in [0.717, 1.165) is 5.56 Å². The van der Waals surface area contributed by atoms with Gasteiger partial charge in [0.2, 0.25) is 5.91 Å². The summed E-state index contributed by atoms with van der Waals surface area (Å²) in [5.74, 6) is -0.114. The molecule has 0 aliphatic rings. The number of hydrogen-bond acceptors (Lipinski definition) is 3. The fraction of sp³-hybridized carbons (Fsp3) is 0.0952. The number of carbonyl (C=O) groups excluding carboxylic acids is 1. The van der Waals surface area contributed by atoms with Gasteiger partial charge < -0.3 is 5.32 Å². The summed E-state index contributed by atoms with van der Waals surface area (Å²) in [5, 5.41) is 2.79. The first-order valence-electron chi connectivity index (χ1n) is 8.55. The zero-order valence-corrected chi connectivity index (χ0v) is 15.4. The second-order valence-corrected chi connectivity index (χ2v) is 7.71. The van der Waals surface area contributed by atoms with Gasteiger partial charge in [-0.15, -0.1) is 0 Å². The van der Waals surface area contributed by atoms with E-state index in [-0.39, 0.29) is 10.8 Å². The van der Waals surface area contributed by atoms with Crippen LogP contribution >= 0.6 is 0 Å². The van der Waals surface area contributed by atoms with Crippen molar-refractivity contribution < 1.29 is 13.2 Å². The first-order chi connectivity index (χ1) is 13.0. The molecule has 138 valence electrons.